The average molecular weight is 271 g/mol. The predicted octanol–water partition coefficient (Wildman–Crippen LogP) is 2.17. The summed E-state index contributed by atoms with van der Waals surface area (Å²) < 4.78 is 0. The lowest BCUT2D eigenvalue weighted by Gasteiger charge is -2.11. The molecule has 2 amide bonds. The van der Waals surface area contributed by atoms with Gasteiger partial charge in [0.25, 0.3) is 0 Å². The Labute approximate surface area is 116 Å². The Morgan fingerprint density at radius 1 is 1.10 bits per heavy atom. The first-order valence-electron chi connectivity index (χ1n) is 6.91. The second-order valence-electron chi connectivity index (χ2n) is 5.19. The van der Waals surface area contributed by atoms with Crippen molar-refractivity contribution < 1.29 is 9.59 Å². The van der Waals surface area contributed by atoms with Gasteiger partial charge in [-0.3, -0.25) is 9.59 Å². The van der Waals surface area contributed by atoms with Crippen molar-refractivity contribution in [2.45, 2.75) is 31.7 Å². The molecule has 0 saturated heterocycles. The number of benzene rings is 1. The minimum Gasteiger partial charge on any atom is -0.361 e. The van der Waals surface area contributed by atoms with Gasteiger partial charge in [0.1, 0.15) is 0 Å². The van der Waals surface area contributed by atoms with E-state index in [9.17, 15) is 9.59 Å². The van der Waals surface area contributed by atoms with Gasteiger partial charge < -0.3 is 15.6 Å². The SMILES string of the molecule is O=C(Nc1ccc2[nH]ccc2c1)C(=O)NC1CCCC1. The molecule has 1 aliphatic carbocycles. The number of amides is 2. The first-order valence-corrected chi connectivity index (χ1v) is 6.91. The highest BCUT2D eigenvalue weighted by Gasteiger charge is 2.21. The zero-order valence-electron chi connectivity index (χ0n) is 11.1. The van der Waals surface area contributed by atoms with E-state index in [4.69, 9.17) is 0 Å². The van der Waals surface area contributed by atoms with Crippen LogP contribution in [0.2, 0.25) is 0 Å². The highest BCUT2D eigenvalue weighted by molar-refractivity contribution is 6.39. The van der Waals surface area contributed by atoms with Crippen LogP contribution in [-0.2, 0) is 9.59 Å². The number of nitrogens with one attached hydrogen (secondary N) is 3. The van der Waals surface area contributed by atoms with Gasteiger partial charge >= 0.3 is 11.8 Å². The van der Waals surface area contributed by atoms with Crippen molar-refractivity contribution in [1.82, 2.24) is 10.3 Å². The Morgan fingerprint density at radius 3 is 2.70 bits per heavy atom. The molecule has 0 unspecified atom stereocenters. The van der Waals surface area contributed by atoms with E-state index in [-0.39, 0.29) is 6.04 Å². The average Bonchev–Trinajstić information content (AvgIpc) is 3.08. The molecule has 0 atom stereocenters. The number of anilines is 1. The Bertz CT molecular complexity index is 641. The molecule has 1 aromatic carbocycles. The van der Waals surface area contributed by atoms with E-state index >= 15 is 0 Å². The van der Waals surface area contributed by atoms with Gasteiger partial charge in [-0.05, 0) is 37.1 Å². The lowest BCUT2D eigenvalue weighted by atomic mass is 10.2. The molecular formula is C15H17N3O2. The summed E-state index contributed by atoms with van der Waals surface area (Å²) in [7, 11) is 0. The van der Waals surface area contributed by atoms with Crippen molar-refractivity contribution in [1.29, 1.82) is 0 Å². The quantitative estimate of drug-likeness (QED) is 0.732. The van der Waals surface area contributed by atoms with E-state index in [0.29, 0.717) is 5.69 Å². The molecule has 0 spiro atoms. The van der Waals surface area contributed by atoms with Crippen molar-refractivity contribution in [2.75, 3.05) is 5.32 Å². The van der Waals surface area contributed by atoms with Crippen LogP contribution in [0.5, 0.6) is 0 Å². The molecular weight excluding hydrogens is 254 g/mol. The highest BCUT2D eigenvalue weighted by Crippen LogP contribution is 2.19. The molecule has 1 aliphatic rings. The van der Waals surface area contributed by atoms with Crippen LogP contribution in [0.3, 0.4) is 0 Å². The van der Waals surface area contributed by atoms with E-state index in [1.165, 1.54) is 0 Å². The van der Waals surface area contributed by atoms with Gasteiger partial charge in [0.2, 0.25) is 0 Å². The molecule has 3 rings (SSSR count). The maximum absolute atomic E-state index is 11.8. The number of aromatic amines is 1. The molecule has 2 aromatic rings. The second-order valence-corrected chi connectivity index (χ2v) is 5.19. The number of hydrogen-bond donors (Lipinski definition) is 3. The van der Waals surface area contributed by atoms with Gasteiger partial charge in [0.05, 0.1) is 0 Å². The number of carbonyl (C=O) groups is 2. The van der Waals surface area contributed by atoms with Gasteiger partial charge in [-0.25, -0.2) is 0 Å². The van der Waals surface area contributed by atoms with Gasteiger partial charge in [0.15, 0.2) is 0 Å². The van der Waals surface area contributed by atoms with Crippen LogP contribution in [0.25, 0.3) is 10.9 Å². The van der Waals surface area contributed by atoms with Crippen molar-refractivity contribution in [3.63, 3.8) is 0 Å². The summed E-state index contributed by atoms with van der Waals surface area (Å²) in [6.45, 7) is 0. The number of hydrogen-bond acceptors (Lipinski definition) is 2. The minimum absolute atomic E-state index is 0.153. The summed E-state index contributed by atoms with van der Waals surface area (Å²) in [6.07, 6.45) is 6.01. The summed E-state index contributed by atoms with van der Waals surface area (Å²) in [5.41, 5.74) is 1.63. The second kappa shape index (κ2) is 5.36. The van der Waals surface area contributed by atoms with Crippen LogP contribution in [0.1, 0.15) is 25.7 Å². The fraction of sp³-hybridized carbons (Fsp3) is 0.333. The summed E-state index contributed by atoms with van der Waals surface area (Å²) in [4.78, 5) is 26.7. The summed E-state index contributed by atoms with van der Waals surface area (Å²) >= 11 is 0. The van der Waals surface area contributed by atoms with Crippen LogP contribution < -0.4 is 10.6 Å². The fourth-order valence-corrected chi connectivity index (χ4v) is 2.64. The lowest BCUT2D eigenvalue weighted by molar-refractivity contribution is -0.136. The summed E-state index contributed by atoms with van der Waals surface area (Å²) in [5.74, 6) is -1.15. The molecule has 0 bridgehead atoms. The van der Waals surface area contributed by atoms with Crippen LogP contribution in [0.15, 0.2) is 30.5 Å². The van der Waals surface area contributed by atoms with Gasteiger partial charge in [-0.2, -0.15) is 0 Å². The van der Waals surface area contributed by atoms with Crippen LogP contribution in [0, 0.1) is 0 Å². The number of H-pyrrole nitrogens is 1. The third kappa shape index (κ3) is 2.66. The monoisotopic (exact) mass is 271 g/mol. The Kier molecular flexibility index (Phi) is 3.41. The molecule has 5 heteroatoms. The van der Waals surface area contributed by atoms with Crippen LogP contribution in [-0.4, -0.2) is 22.8 Å². The third-order valence-electron chi connectivity index (χ3n) is 3.71. The molecule has 0 radical (unpaired) electrons. The first-order chi connectivity index (χ1) is 9.72. The standard InChI is InChI=1S/C15H17N3O2/c19-14(17-11-3-1-2-4-11)15(20)18-12-5-6-13-10(9-12)7-8-16-13/h5-9,11,16H,1-4H2,(H,17,19)(H,18,20). The Hall–Kier alpha value is -2.30. The zero-order valence-corrected chi connectivity index (χ0v) is 11.1. The van der Waals surface area contributed by atoms with E-state index in [0.717, 1.165) is 36.6 Å². The Morgan fingerprint density at radius 2 is 1.90 bits per heavy atom. The molecule has 0 aliphatic heterocycles. The first kappa shape index (κ1) is 12.7. The smallest absolute Gasteiger partial charge is 0.313 e. The van der Waals surface area contributed by atoms with Gasteiger partial charge in [-0.15, -0.1) is 0 Å². The maximum Gasteiger partial charge on any atom is 0.313 e. The van der Waals surface area contributed by atoms with Gasteiger partial charge in [0, 0.05) is 28.8 Å². The molecule has 3 N–H and O–H groups in total. The van der Waals surface area contributed by atoms with Gasteiger partial charge in [-0.1, -0.05) is 12.8 Å². The number of carbonyl (C=O) groups excluding carboxylic acids is 2. The molecule has 1 heterocycles. The lowest BCUT2D eigenvalue weighted by Crippen LogP contribution is -2.40. The normalized spacial score (nSPS) is 15.4. The summed E-state index contributed by atoms with van der Waals surface area (Å²) in [5, 5.41) is 6.41. The Balaban J connectivity index is 1.63. The van der Waals surface area contributed by atoms with Crippen molar-refractivity contribution in [3.8, 4) is 0 Å². The van der Waals surface area contributed by atoms with Crippen molar-refractivity contribution in [2.24, 2.45) is 0 Å². The number of fused-ring (bicyclic) bond motifs is 1. The molecule has 1 saturated carbocycles. The van der Waals surface area contributed by atoms with Crippen LogP contribution in [0.4, 0.5) is 5.69 Å². The third-order valence-corrected chi connectivity index (χ3v) is 3.71. The predicted molar refractivity (Wildman–Crippen MR) is 77.3 cm³/mol. The number of aromatic nitrogens is 1. The van der Waals surface area contributed by atoms with E-state index in [1.807, 2.05) is 24.4 Å². The molecule has 1 aromatic heterocycles. The highest BCUT2D eigenvalue weighted by atomic mass is 16.2. The zero-order chi connectivity index (χ0) is 13.9. The molecule has 20 heavy (non-hydrogen) atoms. The fourth-order valence-electron chi connectivity index (χ4n) is 2.64. The van der Waals surface area contributed by atoms with Crippen molar-refractivity contribution in [3.05, 3.63) is 30.5 Å². The summed E-state index contributed by atoms with van der Waals surface area (Å²) in [6, 6.07) is 7.57. The minimum atomic E-state index is -0.605. The largest absolute Gasteiger partial charge is 0.361 e. The van der Waals surface area contributed by atoms with Crippen molar-refractivity contribution >= 4 is 28.4 Å². The molecule has 104 valence electrons. The molecule has 5 nitrogen and oxygen atoms in total. The topological polar surface area (TPSA) is 74.0 Å². The van der Waals surface area contributed by atoms with E-state index in [1.54, 1.807) is 6.07 Å². The molecule has 1 fully saturated rings. The van der Waals surface area contributed by atoms with E-state index < -0.39 is 11.8 Å². The maximum atomic E-state index is 11.8. The van der Waals surface area contributed by atoms with Crippen LogP contribution >= 0.6 is 0 Å². The van der Waals surface area contributed by atoms with E-state index in [2.05, 4.69) is 15.6 Å². The number of rotatable bonds is 2.